The number of Topliss-reactive ketones (excluding diaryl/α,β-unsaturated/α-hetero) is 1. The number of rotatable bonds is 2. The third-order valence-electron chi connectivity index (χ3n) is 3.21. The Morgan fingerprint density at radius 1 is 1.18 bits per heavy atom. The van der Waals surface area contributed by atoms with Crippen molar-refractivity contribution in [3.05, 3.63) is 22.9 Å². The van der Waals surface area contributed by atoms with Gasteiger partial charge in [0.2, 0.25) is 0 Å². The van der Waals surface area contributed by atoms with Crippen LogP contribution in [0.15, 0.2) is 22.9 Å². The minimum Gasteiger partial charge on any atom is -0.299 e. The van der Waals surface area contributed by atoms with E-state index in [2.05, 4.69) is 0 Å². The molecule has 0 amide bonds. The minimum atomic E-state index is -0.122. The Labute approximate surface area is 109 Å². The Balaban J connectivity index is 0.000000239. The van der Waals surface area contributed by atoms with E-state index in [1.165, 1.54) is 25.7 Å². The monoisotopic (exact) mass is 252 g/mol. The second-order valence-electron chi connectivity index (χ2n) is 5.82. The Morgan fingerprint density at radius 2 is 1.71 bits per heavy atom. The lowest BCUT2D eigenvalue weighted by Crippen LogP contribution is -2.22. The number of carbonyl (C=O) groups is 1. The number of thiophene rings is 1. The fourth-order valence-electron chi connectivity index (χ4n) is 2.01. The van der Waals surface area contributed by atoms with Crippen LogP contribution in [0.2, 0.25) is 0 Å². The highest BCUT2D eigenvalue weighted by molar-refractivity contribution is 7.07. The van der Waals surface area contributed by atoms with Gasteiger partial charge in [-0.05, 0) is 16.7 Å². The quantitative estimate of drug-likeness (QED) is 0.729. The summed E-state index contributed by atoms with van der Waals surface area (Å²) in [6.45, 7) is 6.05. The molecule has 0 unspecified atom stereocenters. The van der Waals surface area contributed by atoms with E-state index >= 15 is 0 Å². The molecule has 0 spiro atoms. The fourth-order valence-corrected chi connectivity index (χ4v) is 2.46. The first-order valence-corrected chi connectivity index (χ1v) is 7.45. The van der Waals surface area contributed by atoms with Crippen molar-refractivity contribution < 1.29 is 4.79 Å². The summed E-state index contributed by atoms with van der Waals surface area (Å²) in [5.41, 5.74) is -0.122. The second kappa shape index (κ2) is 6.95. The molecule has 1 aliphatic rings. The lowest BCUT2D eigenvalue weighted by atomic mass is 9.85. The molecular formula is C15H24OS. The molecule has 1 saturated carbocycles. The molecule has 2 rings (SSSR count). The van der Waals surface area contributed by atoms with E-state index in [1.807, 2.05) is 43.7 Å². The summed E-state index contributed by atoms with van der Waals surface area (Å²) in [4.78, 5) is 11.6. The van der Waals surface area contributed by atoms with Crippen LogP contribution < -0.4 is 0 Å². The van der Waals surface area contributed by atoms with Crippen molar-refractivity contribution in [2.75, 3.05) is 0 Å². The molecule has 0 bridgehead atoms. The molecule has 1 aliphatic carbocycles. The maximum Gasteiger partial charge on any atom is 0.138 e. The predicted octanol–water partition coefficient (Wildman–Crippen LogP) is 4.93. The van der Waals surface area contributed by atoms with E-state index in [1.54, 1.807) is 11.3 Å². The van der Waals surface area contributed by atoms with Gasteiger partial charge in [0.1, 0.15) is 5.78 Å². The molecule has 0 radical (unpaired) electrons. The van der Waals surface area contributed by atoms with Crippen molar-refractivity contribution in [1.29, 1.82) is 0 Å². The SMILES string of the molecule is CC(C)(C)C(=O)CC1CCCC1.c1ccsc1. The fraction of sp³-hybridized carbons (Fsp3) is 0.667. The summed E-state index contributed by atoms with van der Waals surface area (Å²) in [6.07, 6.45) is 6.05. The number of ketones is 1. The largest absolute Gasteiger partial charge is 0.299 e. The molecule has 0 saturated heterocycles. The summed E-state index contributed by atoms with van der Waals surface area (Å²) in [6, 6.07) is 4.04. The van der Waals surface area contributed by atoms with E-state index in [4.69, 9.17) is 0 Å². The first kappa shape index (κ1) is 14.4. The van der Waals surface area contributed by atoms with Crippen molar-refractivity contribution in [3.8, 4) is 0 Å². The highest BCUT2D eigenvalue weighted by Gasteiger charge is 2.25. The molecule has 2 heteroatoms. The van der Waals surface area contributed by atoms with Crippen molar-refractivity contribution in [1.82, 2.24) is 0 Å². The van der Waals surface area contributed by atoms with Crippen LogP contribution in [0.5, 0.6) is 0 Å². The summed E-state index contributed by atoms with van der Waals surface area (Å²) in [5, 5.41) is 4.08. The topological polar surface area (TPSA) is 17.1 Å². The van der Waals surface area contributed by atoms with Gasteiger partial charge in [0.05, 0.1) is 0 Å². The van der Waals surface area contributed by atoms with Crippen LogP contribution >= 0.6 is 11.3 Å². The van der Waals surface area contributed by atoms with Gasteiger partial charge in [-0.25, -0.2) is 0 Å². The Kier molecular flexibility index (Phi) is 5.90. The maximum atomic E-state index is 11.6. The molecule has 1 nitrogen and oxygen atoms in total. The summed E-state index contributed by atoms with van der Waals surface area (Å²) in [7, 11) is 0. The zero-order valence-electron chi connectivity index (χ0n) is 11.2. The zero-order valence-corrected chi connectivity index (χ0v) is 12.1. The van der Waals surface area contributed by atoms with E-state index in [0.717, 1.165) is 6.42 Å². The Bertz CT molecular complexity index is 285. The van der Waals surface area contributed by atoms with E-state index < -0.39 is 0 Å². The van der Waals surface area contributed by atoms with Crippen LogP contribution in [0.1, 0.15) is 52.9 Å². The zero-order chi connectivity index (χ0) is 12.7. The van der Waals surface area contributed by atoms with Crippen molar-refractivity contribution in [2.24, 2.45) is 11.3 Å². The first-order valence-electron chi connectivity index (χ1n) is 6.50. The Hall–Kier alpha value is -0.630. The van der Waals surface area contributed by atoms with Crippen LogP contribution in [-0.2, 0) is 4.79 Å². The number of hydrogen-bond acceptors (Lipinski definition) is 2. The molecule has 96 valence electrons. The molecule has 0 aromatic carbocycles. The van der Waals surface area contributed by atoms with E-state index in [-0.39, 0.29) is 5.41 Å². The van der Waals surface area contributed by atoms with Crippen molar-refractivity contribution in [3.63, 3.8) is 0 Å². The lowest BCUT2D eigenvalue weighted by Gasteiger charge is -2.18. The van der Waals surface area contributed by atoms with Crippen molar-refractivity contribution in [2.45, 2.75) is 52.9 Å². The molecule has 1 heterocycles. The van der Waals surface area contributed by atoms with Crippen LogP contribution in [0.4, 0.5) is 0 Å². The lowest BCUT2D eigenvalue weighted by molar-refractivity contribution is -0.127. The average Bonchev–Trinajstić information content (AvgIpc) is 2.91. The molecule has 0 N–H and O–H groups in total. The second-order valence-corrected chi connectivity index (χ2v) is 6.64. The van der Waals surface area contributed by atoms with Gasteiger partial charge in [0, 0.05) is 11.8 Å². The molecule has 0 atom stereocenters. The number of carbonyl (C=O) groups excluding carboxylic acids is 1. The third-order valence-corrected chi connectivity index (χ3v) is 3.84. The molecular weight excluding hydrogens is 228 g/mol. The van der Waals surface area contributed by atoms with Gasteiger partial charge in [-0.2, -0.15) is 11.3 Å². The molecule has 0 aliphatic heterocycles. The van der Waals surface area contributed by atoms with Crippen LogP contribution in [0, 0.1) is 11.3 Å². The van der Waals surface area contributed by atoms with Gasteiger partial charge in [-0.1, -0.05) is 58.6 Å². The van der Waals surface area contributed by atoms with E-state index in [9.17, 15) is 4.79 Å². The van der Waals surface area contributed by atoms with Crippen LogP contribution in [-0.4, -0.2) is 5.78 Å². The standard InChI is InChI=1S/C11H20O.C4H4S/c1-11(2,3)10(12)8-9-6-4-5-7-9;1-2-4-5-3-1/h9H,4-8H2,1-3H3;1-4H. The maximum absolute atomic E-state index is 11.6. The average molecular weight is 252 g/mol. The van der Waals surface area contributed by atoms with Crippen molar-refractivity contribution >= 4 is 17.1 Å². The van der Waals surface area contributed by atoms with Gasteiger partial charge >= 0.3 is 0 Å². The van der Waals surface area contributed by atoms with E-state index in [0.29, 0.717) is 11.7 Å². The van der Waals surface area contributed by atoms with Crippen LogP contribution in [0.3, 0.4) is 0 Å². The molecule has 1 fully saturated rings. The molecule has 1 aromatic heterocycles. The number of hydrogen-bond donors (Lipinski definition) is 0. The van der Waals surface area contributed by atoms with Crippen LogP contribution in [0.25, 0.3) is 0 Å². The predicted molar refractivity (Wildman–Crippen MR) is 75.4 cm³/mol. The van der Waals surface area contributed by atoms with Gasteiger partial charge in [-0.15, -0.1) is 0 Å². The molecule has 1 aromatic rings. The summed E-state index contributed by atoms with van der Waals surface area (Å²) < 4.78 is 0. The summed E-state index contributed by atoms with van der Waals surface area (Å²) in [5.74, 6) is 1.14. The highest BCUT2D eigenvalue weighted by atomic mass is 32.1. The normalized spacial score (nSPS) is 16.4. The highest BCUT2D eigenvalue weighted by Crippen LogP contribution is 2.30. The van der Waals surface area contributed by atoms with Gasteiger partial charge in [-0.3, -0.25) is 4.79 Å². The van der Waals surface area contributed by atoms with Gasteiger partial charge in [0.25, 0.3) is 0 Å². The minimum absolute atomic E-state index is 0.122. The smallest absolute Gasteiger partial charge is 0.138 e. The summed E-state index contributed by atoms with van der Waals surface area (Å²) >= 11 is 1.71. The third kappa shape index (κ3) is 6.02. The molecule has 17 heavy (non-hydrogen) atoms. The first-order chi connectivity index (χ1) is 8.00. The Morgan fingerprint density at radius 3 is 2.06 bits per heavy atom. The van der Waals surface area contributed by atoms with Gasteiger partial charge in [0.15, 0.2) is 0 Å². The van der Waals surface area contributed by atoms with Gasteiger partial charge < -0.3 is 0 Å².